The Morgan fingerprint density at radius 2 is 0.446 bits per heavy atom. The fourth-order valence-electron chi connectivity index (χ4n) is 8.27. The van der Waals surface area contributed by atoms with Crippen molar-refractivity contribution in [3.63, 3.8) is 0 Å². The SMILES string of the molecule is CC/C=C\C/C=C\C/C=C\C/C=C\C/C=C\C/C=C\C/C=C\CCCCCCCC(=O)OCC(COC(=O)CCC/C=C\C/C=C\C/C=C\C/C=C\C/C=C\CC)OC(=O)CCCCCCCCCC/C=C\C/C=C\C/C=C\C/C=C\CC. The van der Waals surface area contributed by atoms with Crippen LogP contribution in [0.15, 0.2) is 194 Å². The molecule has 0 aliphatic heterocycles. The quantitative estimate of drug-likeness (QED) is 0.0261. The first-order chi connectivity index (χ1) is 41.0. The molecule has 0 heterocycles. The largest absolute Gasteiger partial charge is 0.462 e. The molecule has 0 aliphatic rings. The van der Waals surface area contributed by atoms with Gasteiger partial charge in [0.25, 0.3) is 0 Å². The minimum atomic E-state index is -0.828. The standard InChI is InChI=1S/C77H118O6/c1-4-7-10-13-16-19-22-25-28-31-33-35-36-37-38-39-40-42-43-46-49-52-55-58-61-64-67-70-76(79)82-73-74(72-81-75(78)69-66-63-60-57-54-51-48-45-30-27-24-21-18-15-12-9-6-3)83-77(80)71-68-65-62-59-56-53-50-47-44-41-34-32-29-26-23-20-17-14-11-8-5-2/h7-12,16-21,25-30,33-35,37-38,40-42,46,48-49,51,57,60,74H,4-6,13-15,22-24,31-32,36,39,43-45,47,50,52-56,58-59,61-73H2,1-3H3/b10-7-,11-8-,12-9-,19-16-,20-17-,21-18-,28-25-,29-26-,30-27-,35-33-,38-37-,41-34-,42-40-,49-46-,51-48-,60-57-. The summed E-state index contributed by atoms with van der Waals surface area (Å²) >= 11 is 0. The molecule has 0 fully saturated rings. The van der Waals surface area contributed by atoms with Crippen molar-refractivity contribution in [1.82, 2.24) is 0 Å². The molecule has 0 aromatic rings. The van der Waals surface area contributed by atoms with E-state index >= 15 is 0 Å². The lowest BCUT2D eigenvalue weighted by Gasteiger charge is -2.18. The van der Waals surface area contributed by atoms with Crippen molar-refractivity contribution in [1.29, 1.82) is 0 Å². The summed E-state index contributed by atoms with van der Waals surface area (Å²) in [5, 5.41) is 0. The van der Waals surface area contributed by atoms with Crippen LogP contribution in [0.4, 0.5) is 0 Å². The van der Waals surface area contributed by atoms with Gasteiger partial charge in [-0.05, 0) is 154 Å². The molecule has 0 aromatic heterocycles. The van der Waals surface area contributed by atoms with Crippen molar-refractivity contribution < 1.29 is 28.6 Å². The second kappa shape index (κ2) is 68.7. The molecule has 0 saturated carbocycles. The van der Waals surface area contributed by atoms with E-state index < -0.39 is 6.10 Å². The van der Waals surface area contributed by atoms with E-state index in [2.05, 4.69) is 215 Å². The van der Waals surface area contributed by atoms with E-state index in [0.717, 1.165) is 180 Å². The maximum Gasteiger partial charge on any atom is 0.306 e. The summed E-state index contributed by atoms with van der Waals surface area (Å²) in [6, 6.07) is 0. The van der Waals surface area contributed by atoms with E-state index in [1.807, 2.05) is 0 Å². The second-order valence-electron chi connectivity index (χ2n) is 20.9. The third-order valence-corrected chi connectivity index (χ3v) is 13.1. The number of rotatable bonds is 57. The average Bonchev–Trinajstić information content (AvgIpc) is 3.49. The number of ether oxygens (including phenoxy) is 3. The number of carbonyl (C=O) groups is 3. The van der Waals surface area contributed by atoms with Crippen molar-refractivity contribution in [2.45, 2.75) is 258 Å². The first-order valence-electron chi connectivity index (χ1n) is 32.9. The molecular formula is C77H118O6. The Labute approximate surface area is 509 Å². The Morgan fingerprint density at radius 3 is 0.723 bits per heavy atom. The topological polar surface area (TPSA) is 78.9 Å². The Balaban J connectivity index is 4.54. The third kappa shape index (κ3) is 66.9. The summed E-state index contributed by atoms with van der Waals surface area (Å²) in [6.45, 7) is 6.22. The molecule has 0 radical (unpaired) electrons. The lowest BCUT2D eigenvalue weighted by atomic mass is 10.1. The monoisotopic (exact) mass is 1140 g/mol. The first kappa shape index (κ1) is 77.2. The summed E-state index contributed by atoms with van der Waals surface area (Å²) in [5.41, 5.74) is 0. The van der Waals surface area contributed by atoms with Gasteiger partial charge in [-0.3, -0.25) is 14.4 Å². The Bertz CT molecular complexity index is 1990. The molecule has 83 heavy (non-hydrogen) atoms. The van der Waals surface area contributed by atoms with Gasteiger partial charge in [0.15, 0.2) is 6.10 Å². The van der Waals surface area contributed by atoms with Crippen molar-refractivity contribution >= 4 is 17.9 Å². The molecule has 6 heteroatoms. The van der Waals surface area contributed by atoms with Crippen molar-refractivity contribution in [3.05, 3.63) is 194 Å². The highest BCUT2D eigenvalue weighted by Crippen LogP contribution is 2.14. The van der Waals surface area contributed by atoms with Crippen LogP contribution in [0.1, 0.15) is 252 Å². The molecule has 0 spiro atoms. The fourth-order valence-corrected chi connectivity index (χ4v) is 8.27. The van der Waals surface area contributed by atoms with Gasteiger partial charge < -0.3 is 14.2 Å². The molecule has 462 valence electrons. The zero-order valence-electron chi connectivity index (χ0n) is 52.9. The molecule has 0 saturated heterocycles. The van der Waals surface area contributed by atoms with Gasteiger partial charge in [-0.15, -0.1) is 0 Å². The van der Waals surface area contributed by atoms with Crippen LogP contribution in [-0.4, -0.2) is 37.2 Å². The van der Waals surface area contributed by atoms with E-state index in [1.165, 1.54) is 25.7 Å². The van der Waals surface area contributed by atoms with Gasteiger partial charge >= 0.3 is 17.9 Å². The highest BCUT2D eigenvalue weighted by Gasteiger charge is 2.19. The molecule has 1 atom stereocenters. The van der Waals surface area contributed by atoms with Gasteiger partial charge in [0, 0.05) is 19.3 Å². The van der Waals surface area contributed by atoms with E-state index in [1.54, 1.807) is 0 Å². The van der Waals surface area contributed by atoms with E-state index in [4.69, 9.17) is 14.2 Å². The summed E-state index contributed by atoms with van der Waals surface area (Å²) < 4.78 is 16.9. The predicted molar refractivity (Wildman–Crippen MR) is 361 cm³/mol. The summed E-state index contributed by atoms with van der Waals surface area (Å²) in [7, 11) is 0. The summed E-state index contributed by atoms with van der Waals surface area (Å²) in [4.78, 5) is 38.4. The van der Waals surface area contributed by atoms with Crippen LogP contribution in [-0.2, 0) is 28.6 Å². The fraction of sp³-hybridized carbons (Fsp3) is 0.545. The summed E-state index contributed by atoms with van der Waals surface area (Å²) in [6.07, 6.45) is 104. The van der Waals surface area contributed by atoms with Gasteiger partial charge in [-0.25, -0.2) is 0 Å². The Hall–Kier alpha value is -5.75. The molecule has 0 rings (SSSR count). The van der Waals surface area contributed by atoms with Crippen LogP contribution in [0.3, 0.4) is 0 Å². The lowest BCUT2D eigenvalue weighted by Crippen LogP contribution is -2.30. The zero-order chi connectivity index (χ0) is 59.9. The Kier molecular flexibility index (Phi) is 64.0. The van der Waals surface area contributed by atoms with Gasteiger partial charge in [0.1, 0.15) is 13.2 Å². The van der Waals surface area contributed by atoms with Gasteiger partial charge in [0.05, 0.1) is 0 Å². The van der Waals surface area contributed by atoms with E-state index in [9.17, 15) is 14.4 Å². The highest BCUT2D eigenvalue weighted by atomic mass is 16.6. The van der Waals surface area contributed by atoms with Crippen LogP contribution >= 0.6 is 0 Å². The number of hydrogen-bond acceptors (Lipinski definition) is 6. The Morgan fingerprint density at radius 1 is 0.241 bits per heavy atom. The summed E-state index contributed by atoms with van der Waals surface area (Å²) in [5.74, 6) is -1.01. The van der Waals surface area contributed by atoms with Crippen LogP contribution in [0, 0.1) is 0 Å². The van der Waals surface area contributed by atoms with Crippen molar-refractivity contribution in [3.8, 4) is 0 Å². The number of carbonyl (C=O) groups excluding carboxylic acids is 3. The molecule has 0 aliphatic carbocycles. The van der Waals surface area contributed by atoms with Gasteiger partial charge in [0.2, 0.25) is 0 Å². The number of esters is 3. The molecular weight excluding hydrogens is 1020 g/mol. The minimum Gasteiger partial charge on any atom is -0.462 e. The molecule has 1 unspecified atom stereocenters. The first-order valence-corrected chi connectivity index (χ1v) is 32.9. The number of allylic oxidation sites excluding steroid dienone is 32. The number of unbranched alkanes of at least 4 members (excludes halogenated alkanes) is 14. The smallest absolute Gasteiger partial charge is 0.306 e. The van der Waals surface area contributed by atoms with E-state index in [0.29, 0.717) is 19.3 Å². The maximum absolute atomic E-state index is 12.9. The lowest BCUT2D eigenvalue weighted by molar-refractivity contribution is -0.167. The van der Waals surface area contributed by atoms with Crippen molar-refractivity contribution in [2.75, 3.05) is 13.2 Å². The van der Waals surface area contributed by atoms with Crippen LogP contribution in [0.5, 0.6) is 0 Å². The number of hydrogen-bond donors (Lipinski definition) is 0. The van der Waals surface area contributed by atoms with Crippen LogP contribution in [0.25, 0.3) is 0 Å². The van der Waals surface area contributed by atoms with E-state index in [-0.39, 0.29) is 37.5 Å². The maximum atomic E-state index is 12.9. The third-order valence-electron chi connectivity index (χ3n) is 13.1. The average molecular weight is 1140 g/mol. The molecule has 0 amide bonds. The normalized spacial score (nSPS) is 13.4. The molecule has 6 nitrogen and oxygen atoms in total. The predicted octanol–water partition coefficient (Wildman–Crippen LogP) is 23.0. The van der Waals surface area contributed by atoms with Crippen molar-refractivity contribution in [2.24, 2.45) is 0 Å². The van der Waals surface area contributed by atoms with Gasteiger partial charge in [-0.2, -0.15) is 0 Å². The van der Waals surface area contributed by atoms with Gasteiger partial charge in [-0.1, -0.05) is 273 Å². The van der Waals surface area contributed by atoms with Crippen LogP contribution in [0.2, 0.25) is 0 Å². The molecule has 0 N–H and O–H groups in total. The highest BCUT2D eigenvalue weighted by molar-refractivity contribution is 5.71. The second-order valence-corrected chi connectivity index (χ2v) is 20.9. The zero-order valence-corrected chi connectivity index (χ0v) is 52.9. The molecule has 0 aromatic carbocycles. The molecule has 0 bridgehead atoms. The minimum absolute atomic E-state index is 0.120. The van der Waals surface area contributed by atoms with Crippen LogP contribution < -0.4 is 0 Å².